The zero-order chi connectivity index (χ0) is 2.00. The molecule has 0 fully saturated rings. The summed E-state index contributed by atoms with van der Waals surface area (Å²) in [5, 5.41) is 0. The summed E-state index contributed by atoms with van der Waals surface area (Å²) < 4.78 is 8.00. The van der Waals surface area contributed by atoms with Crippen LogP contribution in [0.15, 0.2) is 0 Å². The Kier molecular flexibility index (Phi) is 123. The Morgan fingerprint density at radius 2 is 1.25 bits per heavy atom. The van der Waals surface area contributed by atoms with Crippen LogP contribution < -0.4 is 0 Å². The first-order valence-corrected chi connectivity index (χ1v) is 0.595. The first-order valence-electron chi connectivity index (χ1n) is 0.144. The minimum atomic E-state index is 0. The van der Waals surface area contributed by atoms with E-state index in [1.807, 2.05) is 15.9 Å². The second-order valence-corrected chi connectivity index (χ2v) is 0. The summed E-state index contributed by atoms with van der Waals surface area (Å²) in [5.41, 5.74) is 0. The molecular formula is CrFeNiO. The maximum absolute atomic E-state index is 8.00. The summed E-state index contributed by atoms with van der Waals surface area (Å²) in [6, 6.07) is 0. The molecule has 1 nitrogen and oxygen atoms in total. The Hall–Kier alpha value is 1.35. The molecule has 0 aromatic rings. The van der Waals surface area contributed by atoms with Gasteiger partial charge < -0.3 is 0 Å². The molecule has 0 bridgehead atoms. The molecule has 0 saturated carbocycles. The van der Waals surface area contributed by atoms with E-state index in [9.17, 15) is 0 Å². The van der Waals surface area contributed by atoms with Crippen molar-refractivity contribution in [3.05, 3.63) is 0 Å². The Morgan fingerprint density at radius 3 is 1.25 bits per heavy atom. The molecule has 0 rings (SSSR count). The second-order valence-electron chi connectivity index (χ2n) is 0. The van der Waals surface area contributed by atoms with Crippen LogP contribution in [-0.2, 0) is 53.6 Å². The molecule has 4 heavy (non-hydrogen) atoms. The molecule has 0 aromatic carbocycles. The standard InChI is InChI=1S/Cr.Fe.Ni.O. The average Bonchev–Trinajstić information content (AvgIpc) is 1.00. The molecular weight excluding hydrogens is 183 g/mol. The molecule has 0 heterocycles. The summed E-state index contributed by atoms with van der Waals surface area (Å²) in [5.74, 6) is 0. The first kappa shape index (κ1) is 18.3. The molecule has 0 amide bonds. The van der Waals surface area contributed by atoms with E-state index in [-0.39, 0.29) is 33.9 Å². The van der Waals surface area contributed by atoms with Crippen LogP contribution in [0.5, 0.6) is 0 Å². The van der Waals surface area contributed by atoms with Gasteiger partial charge in [-0.3, -0.25) is 0 Å². The number of hydrogen-bond donors (Lipinski definition) is 0. The van der Waals surface area contributed by atoms with Gasteiger partial charge in [-0.05, 0) is 0 Å². The summed E-state index contributed by atoms with van der Waals surface area (Å²) in [4.78, 5) is 0. The average molecular weight is 183 g/mol. The van der Waals surface area contributed by atoms with Crippen LogP contribution in [0.1, 0.15) is 0 Å². The third-order valence-corrected chi connectivity index (χ3v) is 0. The van der Waals surface area contributed by atoms with E-state index < -0.39 is 0 Å². The third kappa shape index (κ3) is 10.2. The monoisotopic (exact) mass is 182 g/mol. The zero-order valence-electron chi connectivity index (χ0n) is 1.49. The minimum absolute atomic E-state index is 0. The predicted octanol–water partition coefficient (Wildman–Crippen LogP) is -0.126. The van der Waals surface area contributed by atoms with Gasteiger partial charge >= 0.3 is 19.8 Å². The molecule has 0 atom stereocenters. The zero-order valence-corrected chi connectivity index (χ0v) is 4.85. The van der Waals surface area contributed by atoms with Crippen LogP contribution in [-0.4, -0.2) is 0 Å². The third-order valence-electron chi connectivity index (χ3n) is 0. The van der Waals surface area contributed by atoms with Crippen LogP contribution in [0.3, 0.4) is 0 Å². The Labute approximate surface area is 53.6 Å². The predicted molar refractivity (Wildman–Crippen MR) is 0.686 cm³/mol. The van der Waals surface area contributed by atoms with E-state index in [2.05, 4.69) is 0 Å². The van der Waals surface area contributed by atoms with Gasteiger partial charge in [0.05, 0.1) is 0 Å². The second kappa shape index (κ2) is 26.9. The van der Waals surface area contributed by atoms with Crippen LogP contribution >= 0.6 is 0 Å². The summed E-state index contributed by atoms with van der Waals surface area (Å²) in [7, 11) is 0. The summed E-state index contributed by atoms with van der Waals surface area (Å²) in [6.45, 7) is 0. The number of rotatable bonds is 0. The van der Waals surface area contributed by atoms with Crippen LogP contribution in [0.2, 0.25) is 0 Å². The Morgan fingerprint density at radius 1 is 1.25 bits per heavy atom. The molecule has 4 heteroatoms. The normalized spacial score (nSPS) is 1.25. The first-order chi connectivity index (χ1) is 1.00. The fraction of sp³-hybridized carbons (Fsp3) is 0. The summed E-state index contributed by atoms with van der Waals surface area (Å²) >= 11 is 2.00. The van der Waals surface area contributed by atoms with Crippen LogP contribution in [0.4, 0.5) is 0 Å². The molecule has 0 radical (unpaired) electrons. The van der Waals surface area contributed by atoms with Crippen molar-refractivity contribution in [2.24, 2.45) is 0 Å². The molecule has 0 aliphatic carbocycles. The van der Waals surface area contributed by atoms with Gasteiger partial charge in [-0.1, -0.05) is 0 Å². The molecule has 0 aromatic heterocycles. The summed E-state index contributed by atoms with van der Waals surface area (Å²) in [6.07, 6.45) is 0. The fourth-order valence-electron chi connectivity index (χ4n) is 0. The van der Waals surface area contributed by atoms with Crippen molar-refractivity contribution in [2.75, 3.05) is 0 Å². The van der Waals surface area contributed by atoms with E-state index in [1.54, 1.807) is 0 Å². The van der Waals surface area contributed by atoms with Gasteiger partial charge in [0, 0.05) is 33.9 Å². The molecule has 0 saturated heterocycles. The Balaban J connectivity index is -0.00000000500. The molecule has 0 unspecified atom stereocenters. The fourth-order valence-corrected chi connectivity index (χ4v) is 0. The van der Waals surface area contributed by atoms with Gasteiger partial charge in [-0.15, -0.1) is 0 Å². The van der Waals surface area contributed by atoms with Crippen molar-refractivity contribution >= 4 is 0 Å². The van der Waals surface area contributed by atoms with Gasteiger partial charge in [-0.2, -0.15) is 0 Å². The Bertz CT molecular complexity index is 8.00. The van der Waals surface area contributed by atoms with Gasteiger partial charge in [0.25, 0.3) is 0 Å². The van der Waals surface area contributed by atoms with E-state index >= 15 is 0 Å². The quantitative estimate of drug-likeness (QED) is 0.477. The van der Waals surface area contributed by atoms with E-state index in [0.717, 1.165) is 0 Å². The van der Waals surface area contributed by atoms with Crippen molar-refractivity contribution in [1.29, 1.82) is 0 Å². The molecule has 0 aliphatic rings. The van der Waals surface area contributed by atoms with Crippen molar-refractivity contribution < 1.29 is 53.6 Å². The maximum atomic E-state index is 8.00. The van der Waals surface area contributed by atoms with Crippen molar-refractivity contribution in [1.82, 2.24) is 0 Å². The molecule has 30 valence electrons. The van der Waals surface area contributed by atoms with E-state index in [4.69, 9.17) is 3.83 Å². The van der Waals surface area contributed by atoms with Gasteiger partial charge in [0.15, 0.2) is 0 Å². The van der Waals surface area contributed by atoms with Crippen molar-refractivity contribution in [3.63, 3.8) is 0 Å². The van der Waals surface area contributed by atoms with Gasteiger partial charge in [0.1, 0.15) is 0 Å². The van der Waals surface area contributed by atoms with Gasteiger partial charge in [-0.25, -0.2) is 0 Å². The van der Waals surface area contributed by atoms with Crippen molar-refractivity contribution in [2.45, 2.75) is 0 Å². The van der Waals surface area contributed by atoms with Crippen molar-refractivity contribution in [3.8, 4) is 0 Å². The van der Waals surface area contributed by atoms with E-state index in [1.165, 1.54) is 0 Å². The molecule has 0 aliphatic heterocycles. The van der Waals surface area contributed by atoms with Crippen LogP contribution in [0, 0.1) is 0 Å². The van der Waals surface area contributed by atoms with E-state index in [0.29, 0.717) is 0 Å². The SMILES string of the molecule is [Cr].[Ni].[O]=[Fe]. The van der Waals surface area contributed by atoms with Gasteiger partial charge in [0.2, 0.25) is 0 Å². The molecule has 0 N–H and O–H groups in total. The topological polar surface area (TPSA) is 17.1 Å². The van der Waals surface area contributed by atoms with Crippen LogP contribution in [0.25, 0.3) is 0 Å². The molecule has 0 spiro atoms. The number of hydrogen-bond acceptors (Lipinski definition) is 1.